The maximum absolute atomic E-state index is 6.26. The number of rotatable bonds is 6. The van der Waals surface area contributed by atoms with Gasteiger partial charge in [0, 0.05) is 11.6 Å². The minimum absolute atomic E-state index is 0.611. The standard InChI is InChI=1S/C17H19Cl2NO/c1-3-8-20-11-14-9-12(4-6-15(14)18)13-5-7-16(19)17(10-13)21-2/h4-7,9-10,20H,3,8,11H2,1-2H3. The summed E-state index contributed by atoms with van der Waals surface area (Å²) in [6.45, 7) is 3.89. The monoisotopic (exact) mass is 323 g/mol. The van der Waals surface area contributed by atoms with Crippen LogP contribution >= 0.6 is 23.2 Å². The van der Waals surface area contributed by atoms with Gasteiger partial charge in [0.15, 0.2) is 0 Å². The zero-order chi connectivity index (χ0) is 15.2. The van der Waals surface area contributed by atoms with Gasteiger partial charge in [0.1, 0.15) is 5.75 Å². The molecular formula is C17H19Cl2NO. The molecule has 2 nitrogen and oxygen atoms in total. The first kappa shape index (κ1) is 16.2. The van der Waals surface area contributed by atoms with Gasteiger partial charge in [-0.05, 0) is 53.9 Å². The average molecular weight is 324 g/mol. The van der Waals surface area contributed by atoms with Crippen molar-refractivity contribution >= 4 is 23.2 Å². The Morgan fingerprint density at radius 1 is 1.00 bits per heavy atom. The van der Waals surface area contributed by atoms with E-state index in [0.717, 1.165) is 41.2 Å². The highest BCUT2D eigenvalue weighted by molar-refractivity contribution is 6.32. The van der Waals surface area contributed by atoms with Crippen LogP contribution in [-0.2, 0) is 6.54 Å². The molecule has 0 saturated heterocycles. The van der Waals surface area contributed by atoms with Gasteiger partial charge in [-0.25, -0.2) is 0 Å². The van der Waals surface area contributed by atoms with Crippen molar-refractivity contribution in [3.8, 4) is 16.9 Å². The van der Waals surface area contributed by atoms with E-state index in [2.05, 4.69) is 18.3 Å². The Bertz CT molecular complexity index is 614. The van der Waals surface area contributed by atoms with E-state index in [9.17, 15) is 0 Å². The Balaban J connectivity index is 2.29. The fraction of sp³-hybridized carbons (Fsp3) is 0.294. The lowest BCUT2D eigenvalue weighted by molar-refractivity contribution is 0.415. The maximum Gasteiger partial charge on any atom is 0.138 e. The zero-order valence-electron chi connectivity index (χ0n) is 12.2. The predicted octanol–water partition coefficient (Wildman–Crippen LogP) is 5.17. The molecule has 21 heavy (non-hydrogen) atoms. The Hall–Kier alpha value is -1.22. The number of hydrogen-bond donors (Lipinski definition) is 1. The summed E-state index contributed by atoms with van der Waals surface area (Å²) in [6, 6.07) is 11.8. The second-order valence-electron chi connectivity index (χ2n) is 4.83. The van der Waals surface area contributed by atoms with Crippen molar-refractivity contribution in [1.82, 2.24) is 5.32 Å². The molecule has 0 saturated carbocycles. The highest BCUT2D eigenvalue weighted by Gasteiger charge is 2.07. The van der Waals surface area contributed by atoms with Crippen LogP contribution in [0, 0.1) is 0 Å². The van der Waals surface area contributed by atoms with Crippen LogP contribution in [0.25, 0.3) is 11.1 Å². The van der Waals surface area contributed by atoms with E-state index in [1.807, 2.05) is 30.3 Å². The molecule has 1 N–H and O–H groups in total. The third-order valence-electron chi connectivity index (χ3n) is 3.27. The summed E-state index contributed by atoms with van der Waals surface area (Å²) in [5.41, 5.74) is 3.25. The van der Waals surface area contributed by atoms with Crippen LogP contribution in [0.5, 0.6) is 5.75 Å². The number of methoxy groups -OCH3 is 1. The van der Waals surface area contributed by atoms with Crippen molar-refractivity contribution in [2.75, 3.05) is 13.7 Å². The first-order valence-electron chi connectivity index (χ1n) is 6.98. The summed E-state index contributed by atoms with van der Waals surface area (Å²) in [5.74, 6) is 0.676. The Morgan fingerprint density at radius 3 is 2.33 bits per heavy atom. The zero-order valence-corrected chi connectivity index (χ0v) is 13.8. The van der Waals surface area contributed by atoms with Crippen LogP contribution in [0.2, 0.25) is 10.0 Å². The smallest absolute Gasteiger partial charge is 0.138 e. The molecule has 0 aliphatic rings. The van der Waals surface area contributed by atoms with Crippen LogP contribution in [0.3, 0.4) is 0 Å². The molecule has 0 radical (unpaired) electrons. The first-order chi connectivity index (χ1) is 10.2. The summed E-state index contributed by atoms with van der Waals surface area (Å²) in [6.07, 6.45) is 1.10. The SMILES string of the molecule is CCCNCc1cc(-c2ccc(Cl)c(OC)c2)ccc1Cl. The number of ether oxygens (including phenoxy) is 1. The van der Waals surface area contributed by atoms with Crippen LogP contribution in [0.15, 0.2) is 36.4 Å². The molecule has 0 aliphatic carbocycles. The molecule has 4 heteroatoms. The summed E-state index contributed by atoms with van der Waals surface area (Å²) in [5, 5.41) is 4.76. The fourth-order valence-corrected chi connectivity index (χ4v) is 2.51. The second kappa shape index (κ2) is 7.69. The molecule has 112 valence electrons. The lowest BCUT2D eigenvalue weighted by Crippen LogP contribution is -2.14. The van der Waals surface area contributed by atoms with Crippen molar-refractivity contribution in [1.29, 1.82) is 0 Å². The molecule has 0 fully saturated rings. The lowest BCUT2D eigenvalue weighted by atomic mass is 10.0. The van der Waals surface area contributed by atoms with E-state index >= 15 is 0 Å². The number of nitrogens with one attached hydrogen (secondary N) is 1. The van der Waals surface area contributed by atoms with Gasteiger partial charge in [0.2, 0.25) is 0 Å². The van der Waals surface area contributed by atoms with E-state index < -0.39 is 0 Å². The minimum Gasteiger partial charge on any atom is -0.495 e. The van der Waals surface area contributed by atoms with E-state index in [1.165, 1.54) is 0 Å². The highest BCUT2D eigenvalue weighted by Crippen LogP contribution is 2.32. The van der Waals surface area contributed by atoms with E-state index in [4.69, 9.17) is 27.9 Å². The quantitative estimate of drug-likeness (QED) is 0.740. The van der Waals surface area contributed by atoms with E-state index in [1.54, 1.807) is 7.11 Å². The molecule has 0 unspecified atom stereocenters. The maximum atomic E-state index is 6.26. The van der Waals surface area contributed by atoms with Crippen molar-refractivity contribution in [2.45, 2.75) is 19.9 Å². The van der Waals surface area contributed by atoms with Crippen LogP contribution in [-0.4, -0.2) is 13.7 Å². The Kier molecular flexibility index (Phi) is 5.92. The topological polar surface area (TPSA) is 21.3 Å². The molecule has 0 amide bonds. The van der Waals surface area contributed by atoms with Gasteiger partial charge in [-0.3, -0.25) is 0 Å². The minimum atomic E-state index is 0.611. The summed E-state index contributed by atoms with van der Waals surface area (Å²) in [7, 11) is 1.62. The fourth-order valence-electron chi connectivity index (χ4n) is 2.13. The first-order valence-corrected chi connectivity index (χ1v) is 7.74. The van der Waals surface area contributed by atoms with Gasteiger partial charge in [-0.1, -0.05) is 42.3 Å². The van der Waals surface area contributed by atoms with Crippen molar-refractivity contribution in [2.24, 2.45) is 0 Å². The largest absolute Gasteiger partial charge is 0.495 e. The molecule has 2 rings (SSSR count). The Morgan fingerprint density at radius 2 is 1.67 bits per heavy atom. The van der Waals surface area contributed by atoms with Crippen LogP contribution in [0.4, 0.5) is 0 Å². The third kappa shape index (κ3) is 4.13. The number of benzene rings is 2. The molecule has 0 heterocycles. The van der Waals surface area contributed by atoms with Crippen molar-refractivity contribution in [3.05, 3.63) is 52.0 Å². The summed E-state index contributed by atoms with van der Waals surface area (Å²) >= 11 is 12.3. The summed E-state index contributed by atoms with van der Waals surface area (Å²) in [4.78, 5) is 0. The predicted molar refractivity (Wildman–Crippen MR) is 90.4 cm³/mol. The molecular weight excluding hydrogens is 305 g/mol. The van der Waals surface area contributed by atoms with Crippen LogP contribution < -0.4 is 10.1 Å². The van der Waals surface area contributed by atoms with E-state index in [0.29, 0.717) is 10.8 Å². The molecule has 2 aromatic carbocycles. The van der Waals surface area contributed by atoms with Gasteiger partial charge in [-0.2, -0.15) is 0 Å². The highest BCUT2D eigenvalue weighted by atomic mass is 35.5. The Labute approximate surface area is 136 Å². The normalized spacial score (nSPS) is 10.7. The second-order valence-corrected chi connectivity index (χ2v) is 5.65. The van der Waals surface area contributed by atoms with Gasteiger partial charge < -0.3 is 10.1 Å². The number of halogens is 2. The molecule has 0 bridgehead atoms. The van der Waals surface area contributed by atoms with Gasteiger partial charge in [0.05, 0.1) is 12.1 Å². The molecule has 0 aliphatic heterocycles. The summed E-state index contributed by atoms with van der Waals surface area (Å²) < 4.78 is 5.27. The van der Waals surface area contributed by atoms with Gasteiger partial charge in [-0.15, -0.1) is 0 Å². The van der Waals surface area contributed by atoms with E-state index in [-0.39, 0.29) is 0 Å². The van der Waals surface area contributed by atoms with Gasteiger partial charge in [0.25, 0.3) is 0 Å². The van der Waals surface area contributed by atoms with Gasteiger partial charge >= 0.3 is 0 Å². The molecule has 2 aromatic rings. The lowest BCUT2D eigenvalue weighted by Gasteiger charge is -2.10. The van der Waals surface area contributed by atoms with Crippen molar-refractivity contribution < 1.29 is 4.74 Å². The molecule has 0 atom stereocenters. The molecule has 0 aromatic heterocycles. The number of hydrogen-bond acceptors (Lipinski definition) is 2. The van der Waals surface area contributed by atoms with Crippen molar-refractivity contribution in [3.63, 3.8) is 0 Å². The third-order valence-corrected chi connectivity index (χ3v) is 3.95. The van der Waals surface area contributed by atoms with Crippen LogP contribution in [0.1, 0.15) is 18.9 Å². The molecule has 0 spiro atoms. The average Bonchev–Trinajstić information content (AvgIpc) is 2.50.